The van der Waals surface area contributed by atoms with E-state index >= 15 is 0 Å². The Labute approximate surface area is 212 Å². The minimum absolute atomic E-state index is 0.0152. The number of benzene rings is 2. The lowest BCUT2D eigenvalue weighted by Crippen LogP contribution is -2.34. The second kappa shape index (κ2) is 10.1. The van der Waals surface area contributed by atoms with E-state index in [2.05, 4.69) is 11.8 Å². The number of anilines is 2. The third-order valence-corrected chi connectivity index (χ3v) is 5.92. The van der Waals surface area contributed by atoms with Crippen molar-refractivity contribution in [2.45, 2.75) is 25.2 Å². The molecule has 2 fully saturated rings. The maximum Gasteiger partial charge on any atom is 0.420 e. The standard InChI is InChI=1S/C25H20F7N3O3/c1-33(18-8-6-17(26)7-9-18)23(37)38-21-19(25(30,31)32)13-16(24(27,28)29)14-20(21)35-12-11-34(22(35)36)10-2-3-15-4-5-15/h6-9,13-15H,4-5,10-12H2,1H3. The quantitative estimate of drug-likeness (QED) is 0.343. The summed E-state index contributed by atoms with van der Waals surface area (Å²) in [6.07, 6.45) is -10.1. The Balaban J connectivity index is 1.74. The third kappa shape index (κ3) is 5.95. The van der Waals surface area contributed by atoms with E-state index < -0.39 is 52.9 Å². The van der Waals surface area contributed by atoms with Crippen molar-refractivity contribution >= 4 is 23.5 Å². The third-order valence-electron chi connectivity index (χ3n) is 5.92. The average molecular weight is 543 g/mol. The maximum absolute atomic E-state index is 14.0. The number of alkyl halides is 6. The van der Waals surface area contributed by atoms with E-state index in [9.17, 15) is 40.3 Å². The Morgan fingerprint density at radius 1 is 1.05 bits per heavy atom. The van der Waals surface area contributed by atoms with Gasteiger partial charge in [0, 0.05) is 31.7 Å². The molecule has 1 heterocycles. The van der Waals surface area contributed by atoms with E-state index in [0.717, 1.165) is 49.1 Å². The van der Waals surface area contributed by atoms with Crippen molar-refractivity contribution in [2.75, 3.05) is 36.5 Å². The van der Waals surface area contributed by atoms with Gasteiger partial charge in [0.25, 0.3) is 0 Å². The number of halogens is 7. The highest BCUT2D eigenvalue weighted by Crippen LogP contribution is 2.47. The highest BCUT2D eigenvalue weighted by Gasteiger charge is 2.44. The lowest BCUT2D eigenvalue weighted by molar-refractivity contribution is -0.143. The number of rotatable bonds is 4. The predicted octanol–water partition coefficient (Wildman–Crippen LogP) is 6.15. The van der Waals surface area contributed by atoms with E-state index in [1.807, 2.05) is 0 Å². The molecule has 6 nitrogen and oxygen atoms in total. The van der Waals surface area contributed by atoms with Crippen LogP contribution < -0.4 is 14.5 Å². The molecule has 0 aromatic heterocycles. The van der Waals surface area contributed by atoms with Gasteiger partial charge in [-0.05, 0) is 49.2 Å². The molecule has 2 aromatic carbocycles. The van der Waals surface area contributed by atoms with Gasteiger partial charge in [-0.15, -0.1) is 0 Å². The van der Waals surface area contributed by atoms with Crippen molar-refractivity contribution in [2.24, 2.45) is 5.92 Å². The number of carbonyl (C=O) groups is 2. The maximum atomic E-state index is 14.0. The minimum atomic E-state index is -5.38. The SMILES string of the molecule is CN(C(=O)Oc1c(N2CCN(CC#CC3CC3)C2=O)cc(C(F)(F)F)cc1C(F)(F)F)c1ccc(F)cc1. The van der Waals surface area contributed by atoms with Gasteiger partial charge in [-0.1, -0.05) is 11.8 Å². The van der Waals surface area contributed by atoms with Crippen LogP contribution in [0, 0.1) is 23.6 Å². The summed E-state index contributed by atoms with van der Waals surface area (Å²) in [4.78, 5) is 28.4. The number of ether oxygens (including phenoxy) is 1. The van der Waals surface area contributed by atoms with Crippen LogP contribution in [0.25, 0.3) is 0 Å². The average Bonchev–Trinajstić information content (AvgIpc) is 3.59. The van der Waals surface area contributed by atoms with Crippen LogP contribution in [0.4, 0.5) is 51.7 Å². The smallest absolute Gasteiger partial charge is 0.407 e. The van der Waals surface area contributed by atoms with Crippen LogP contribution in [0.15, 0.2) is 36.4 Å². The summed E-state index contributed by atoms with van der Waals surface area (Å²) in [5.41, 5.74) is -4.39. The van der Waals surface area contributed by atoms with Gasteiger partial charge in [0.15, 0.2) is 5.75 Å². The lowest BCUT2D eigenvalue weighted by Gasteiger charge is -2.25. The topological polar surface area (TPSA) is 53.1 Å². The number of amides is 3. The molecule has 202 valence electrons. The Bertz CT molecular complexity index is 1290. The molecular formula is C25H20F7N3O3. The summed E-state index contributed by atoms with van der Waals surface area (Å²) in [7, 11) is 1.12. The fourth-order valence-electron chi connectivity index (χ4n) is 3.69. The molecule has 3 amide bonds. The van der Waals surface area contributed by atoms with Gasteiger partial charge >= 0.3 is 24.5 Å². The first-order valence-corrected chi connectivity index (χ1v) is 11.3. The Morgan fingerprint density at radius 2 is 1.71 bits per heavy atom. The zero-order valence-corrected chi connectivity index (χ0v) is 19.8. The van der Waals surface area contributed by atoms with Crippen LogP contribution in [0.5, 0.6) is 5.75 Å². The van der Waals surface area contributed by atoms with Crippen LogP contribution in [0.2, 0.25) is 0 Å². The summed E-state index contributed by atoms with van der Waals surface area (Å²) in [6, 6.07) is 3.57. The Hall–Kier alpha value is -3.95. The van der Waals surface area contributed by atoms with Crippen LogP contribution in [0.3, 0.4) is 0 Å². The molecule has 1 aliphatic heterocycles. The van der Waals surface area contributed by atoms with Crippen LogP contribution >= 0.6 is 0 Å². The normalized spacial score (nSPS) is 15.8. The second-order valence-corrected chi connectivity index (χ2v) is 8.72. The van der Waals surface area contributed by atoms with Gasteiger partial charge in [0.05, 0.1) is 17.8 Å². The molecule has 1 aliphatic carbocycles. The molecular weight excluding hydrogens is 523 g/mol. The molecule has 2 aliphatic rings. The molecule has 2 aromatic rings. The second-order valence-electron chi connectivity index (χ2n) is 8.72. The van der Waals surface area contributed by atoms with Crippen molar-refractivity contribution in [3.63, 3.8) is 0 Å². The highest BCUT2D eigenvalue weighted by molar-refractivity contribution is 5.97. The number of carbonyl (C=O) groups excluding carboxylic acids is 2. The van der Waals surface area contributed by atoms with Crippen molar-refractivity contribution in [3.8, 4) is 17.6 Å². The largest absolute Gasteiger partial charge is 0.420 e. The molecule has 4 rings (SSSR count). The van der Waals surface area contributed by atoms with Crippen molar-refractivity contribution in [1.29, 1.82) is 0 Å². The van der Waals surface area contributed by atoms with E-state index in [1.54, 1.807) is 0 Å². The summed E-state index contributed by atoms with van der Waals surface area (Å²) in [5, 5.41) is 0. The Kier molecular flexibility index (Phi) is 7.18. The summed E-state index contributed by atoms with van der Waals surface area (Å²) >= 11 is 0. The first kappa shape index (κ1) is 27.1. The first-order valence-electron chi connectivity index (χ1n) is 11.3. The zero-order valence-electron chi connectivity index (χ0n) is 19.8. The zero-order chi connectivity index (χ0) is 27.8. The highest BCUT2D eigenvalue weighted by atomic mass is 19.4. The van der Waals surface area contributed by atoms with Crippen LogP contribution in [-0.2, 0) is 12.4 Å². The van der Waals surface area contributed by atoms with E-state index in [4.69, 9.17) is 4.74 Å². The summed E-state index contributed by atoms with van der Waals surface area (Å²) in [5.74, 6) is 4.05. The number of hydrogen-bond acceptors (Lipinski definition) is 3. The van der Waals surface area contributed by atoms with Gasteiger partial charge in [0.2, 0.25) is 0 Å². The first-order chi connectivity index (χ1) is 17.8. The molecule has 1 saturated carbocycles. The fourth-order valence-corrected chi connectivity index (χ4v) is 3.69. The molecule has 0 N–H and O–H groups in total. The van der Waals surface area contributed by atoms with Crippen molar-refractivity contribution in [3.05, 3.63) is 53.3 Å². The van der Waals surface area contributed by atoms with Gasteiger partial charge < -0.3 is 9.64 Å². The van der Waals surface area contributed by atoms with Crippen molar-refractivity contribution in [1.82, 2.24) is 4.90 Å². The molecule has 38 heavy (non-hydrogen) atoms. The predicted molar refractivity (Wildman–Crippen MR) is 122 cm³/mol. The minimum Gasteiger partial charge on any atom is -0.407 e. The van der Waals surface area contributed by atoms with Crippen LogP contribution in [-0.4, -0.2) is 43.7 Å². The Morgan fingerprint density at radius 3 is 2.29 bits per heavy atom. The molecule has 0 unspecified atom stereocenters. The molecule has 0 atom stereocenters. The van der Waals surface area contributed by atoms with E-state index in [1.165, 1.54) is 4.90 Å². The molecule has 0 bridgehead atoms. The van der Waals surface area contributed by atoms with Gasteiger partial charge in [-0.25, -0.2) is 14.0 Å². The summed E-state index contributed by atoms with van der Waals surface area (Å²) < 4.78 is 101. The molecule has 0 radical (unpaired) electrons. The monoisotopic (exact) mass is 543 g/mol. The number of urea groups is 1. The number of hydrogen-bond donors (Lipinski definition) is 0. The summed E-state index contributed by atoms with van der Waals surface area (Å²) in [6.45, 7) is -0.334. The van der Waals surface area contributed by atoms with Crippen molar-refractivity contribution < 1.29 is 45.1 Å². The fraction of sp³-hybridized carbons (Fsp3) is 0.360. The molecule has 13 heteroatoms. The molecule has 0 spiro atoms. The van der Waals surface area contributed by atoms with Gasteiger partial charge in [-0.3, -0.25) is 9.80 Å². The van der Waals surface area contributed by atoms with Crippen LogP contribution in [0.1, 0.15) is 24.0 Å². The molecule has 1 saturated heterocycles. The lowest BCUT2D eigenvalue weighted by atomic mass is 10.1. The van der Waals surface area contributed by atoms with E-state index in [0.29, 0.717) is 11.0 Å². The van der Waals surface area contributed by atoms with Gasteiger partial charge in [-0.2, -0.15) is 26.3 Å². The van der Waals surface area contributed by atoms with E-state index in [-0.39, 0.29) is 37.3 Å². The van der Waals surface area contributed by atoms with Gasteiger partial charge in [0.1, 0.15) is 11.4 Å². The number of nitrogens with zero attached hydrogens (tertiary/aromatic N) is 3.